The first-order valence-electron chi connectivity index (χ1n) is 8.66. The van der Waals surface area contributed by atoms with Gasteiger partial charge in [-0.2, -0.15) is 0 Å². The minimum Gasteiger partial charge on any atom is -0.368 e. The van der Waals surface area contributed by atoms with Crippen LogP contribution in [0.25, 0.3) is 0 Å². The molecule has 1 aromatic rings. The molecule has 1 aromatic carbocycles. The van der Waals surface area contributed by atoms with Gasteiger partial charge in [-0.05, 0) is 38.3 Å². The van der Waals surface area contributed by atoms with Crippen LogP contribution in [-0.2, 0) is 4.79 Å². The number of likely N-dealkylation sites (tertiary alicyclic amines) is 1. The first kappa shape index (κ1) is 15.3. The van der Waals surface area contributed by atoms with E-state index in [-0.39, 0.29) is 0 Å². The maximum Gasteiger partial charge on any atom is 0.277 e. The zero-order chi connectivity index (χ0) is 15.4. The van der Waals surface area contributed by atoms with Crippen LogP contribution < -0.4 is 9.80 Å². The molecule has 3 rings (SSSR count). The minimum absolute atomic E-state index is 0.344. The van der Waals surface area contributed by atoms with Crippen LogP contribution in [0.3, 0.4) is 0 Å². The van der Waals surface area contributed by atoms with E-state index in [9.17, 15) is 4.79 Å². The van der Waals surface area contributed by atoms with E-state index in [1.807, 2.05) is 6.07 Å². The first-order valence-corrected chi connectivity index (χ1v) is 8.66. The Morgan fingerprint density at radius 1 is 1.14 bits per heavy atom. The molecule has 0 saturated carbocycles. The van der Waals surface area contributed by atoms with Gasteiger partial charge in [0.05, 0.1) is 12.6 Å². The molecule has 4 nitrogen and oxygen atoms in total. The maximum atomic E-state index is 12.5. The highest BCUT2D eigenvalue weighted by atomic mass is 16.2. The summed E-state index contributed by atoms with van der Waals surface area (Å²) < 4.78 is 0. The molecule has 2 atom stereocenters. The number of quaternary nitrogens is 1. The van der Waals surface area contributed by atoms with Gasteiger partial charge in [-0.3, -0.25) is 4.79 Å². The van der Waals surface area contributed by atoms with Crippen molar-refractivity contribution in [1.29, 1.82) is 0 Å². The summed E-state index contributed by atoms with van der Waals surface area (Å²) in [5, 5.41) is 0. The third kappa shape index (κ3) is 3.61. The van der Waals surface area contributed by atoms with E-state index < -0.39 is 0 Å². The summed E-state index contributed by atoms with van der Waals surface area (Å²) in [6.45, 7) is 7.74. The molecular weight excluding hydrogens is 274 g/mol. The van der Waals surface area contributed by atoms with Gasteiger partial charge in [-0.25, -0.2) is 0 Å². The van der Waals surface area contributed by atoms with E-state index in [4.69, 9.17) is 0 Å². The number of hydrogen-bond acceptors (Lipinski definition) is 2. The Hall–Kier alpha value is -1.55. The fourth-order valence-corrected chi connectivity index (χ4v) is 3.67. The minimum atomic E-state index is 0.344. The summed E-state index contributed by atoms with van der Waals surface area (Å²) in [4.78, 5) is 18.5. The van der Waals surface area contributed by atoms with Crippen LogP contribution in [0.2, 0.25) is 0 Å². The molecule has 0 aromatic heterocycles. The Labute approximate surface area is 133 Å². The monoisotopic (exact) mass is 302 g/mol. The molecule has 0 aliphatic carbocycles. The van der Waals surface area contributed by atoms with Crippen LogP contribution >= 0.6 is 0 Å². The van der Waals surface area contributed by atoms with E-state index in [1.54, 1.807) is 0 Å². The average Bonchev–Trinajstić information content (AvgIpc) is 2.58. The predicted octanol–water partition coefficient (Wildman–Crippen LogP) is 0.793. The van der Waals surface area contributed by atoms with Gasteiger partial charge in [0.15, 0.2) is 6.54 Å². The molecule has 2 aliphatic heterocycles. The largest absolute Gasteiger partial charge is 0.368 e. The number of benzene rings is 1. The topological polar surface area (TPSA) is 28.0 Å². The second-order valence-electron chi connectivity index (χ2n) is 6.69. The van der Waals surface area contributed by atoms with Crippen molar-refractivity contribution >= 4 is 11.6 Å². The molecule has 1 amide bonds. The van der Waals surface area contributed by atoms with Crippen LogP contribution in [0, 0.1) is 0 Å². The van der Waals surface area contributed by atoms with Crippen molar-refractivity contribution in [2.24, 2.45) is 0 Å². The van der Waals surface area contributed by atoms with Gasteiger partial charge in [0.2, 0.25) is 0 Å². The van der Waals surface area contributed by atoms with Crippen molar-refractivity contribution in [3.05, 3.63) is 30.3 Å². The van der Waals surface area contributed by atoms with Gasteiger partial charge in [0.1, 0.15) is 0 Å². The summed E-state index contributed by atoms with van der Waals surface area (Å²) in [5.74, 6) is 0.344. The number of piperazine rings is 1. The Bertz CT molecular complexity index is 482. The number of para-hydroxylation sites is 1. The van der Waals surface area contributed by atoms with Crippen molar-refractivity contribution < 1.29 is 9.69 Å². The third-order valence-electron chi connectivity index (χ3n) is 5.21. The molecule has 0 bridgehead atoms. The fourth-order valence-electron chi connectivity index (χ4n) is 3.67. The molecule has 2 saturated heterocycles. The lowest BCUT2D eigenvalue weighted by molar-refractivity contribution is -0.921. The Morgan fingerprint density at radius 3 is 2.55 bits per heavy atom. The third-order valence-corrected chi connectivity index (χ3v) is 5.21. The van der Waals surface area contributed by atoms with Crippen molar-refractivity contribution in [3.63, 3.8) is 0 Å². The molecule has 0 spiro atoms. The predicted molar refractivity (Wildman–Crippen MR) is 89.2 cm³/mol. The highest BCUT2D eigenvalue weighted by Crippen LogP contribution is 2.15. The van der Waals surface area contributed by atoms with E-state index in [2.05, 4.69) is 41.0 Å². The van der Waals surface area contributed by atoms with Gasteiger partial charge >= 0.3 is 0 Å². The molecule has 2 fully saturated rings. The molecule has 22 heavy (non-hydrogen) atoms. The Balaban J connectivity index is 1.49. The molecule has 1 N–H and O–H groups in total. The standard InChI is InChI=1S/C18H27N3O/c1-16-7-5-6-10-21(16)15-18(22)20-13-11-19(12-14-20)17-8-3-2-4-9-17/h2-4,8-9,16H,5-7,10-15H2,1H3/p+1/t16-/m1/s1. The van der Waals surface area contributed by atoms with Gasteiger partial charge in [0, 0.05) is 31.9 Å². The second kappa shape index (κ2) is 7.14. The van der Waals surface area contributed by atoms with E-state index in [0.29, 0.717) is 18.5 Å². The summed E-state index contributed by atoms with van der Waals surface area (Å²) in [5.41, 5.74) is 1.27. The average molecular weight is 302 g/mol. The molecule has 4 heteroatoms. The number of carbonyl (C=O) groups is 1. The lowest BCUT2D eigenvalue weighted by atomic mass is 10.0. The number of piperidine rings is 1. The summed E-state index contributed by atoms with van der Waals surface area (Å²) in [6, 6.07) is 11.1. The van der Waals surface area contributed by atoms with Crippen molar-refractivity contribution in [3.8, 4) is 0 Å². The van der Waals surface area contributed by atoms with E-state index in [1.165, 1.54) is 29.8 Å². The number of amides is 1. The van der Waals surface area contributed by atoms with Crippen molar-refractivity contribution in [1.82, 2.24) is 4.90 Å². The summed E-state index contributed by atoms with van der Waals surface area (Å²) >= 11 is 0. The van der Waals surface area contributed by atoms with Crippen molar-refractivity contribution in [2.45, 2.75) is 32.2 Å². The van der Waals surface area contributed by atoms with Gasteiger partial charge in [-0.1, -0.05) is 18.2 Å². The molecule has 2 aliphatic rings. The molecule has 120 valence electrons. The van der Waals surface area contributed by atoms with Crippen LogP contribution in [-0.4, -0.2) is 56.1 Å². The van der Waals surface area contributed by atoms with Crippen LogP contribution in [0.5, 0.6) is 0 Å². The molecule has 0 radical (unpaired) electrons. The number of nitrogens with one attached hydrogen (secondary N) is 1. The van der Waals surface area contributed by atoms with Crippen LogP contribution in [0.15, 0.2) is 30.3 Å². The maximum absolute atomic E-state index is 12.5. The number of hydrogen-bond donors (Lipinski definition) is 1. The molecule has 1 unspecified atom stereocenters. The van der Waals surface area contributed by atoms with Crippen LogP contribution in [0.4, 0.5) is 5.69 Å². The Kier molecular flexibility index (Phi) is 4.98. The summed E-state index contributed by atoms with van der Waals surface area (Å²) in [7, 11) is 0. The lowest BCUT2D eigenvalue weighted by Gasteiger charge is -2.37. The molecular formula is C18H28N3O+. The summed E-state index contributed by atoms with van der Waals surface area (Å²) in [6.07, 6.45) is 3.87. The van der Waals surface area contributed by atoms with E-state index >= 15 is 0 Å². The zero-order valence-corrected chi connectivity index (χ0v) is 13.6. The Morgan fingerprint density at radius 2 is 1.86 bits per heavy atom. The SMILES string of the molecule is C[C@@H]1CCCC[NH+]1CC(=O)N1CCN(c2ccccc2)CC1. The number of anilines is 1. The van der Waals surface area contributed by atoms with E-state index in [0.717, 1.165) is 32.7 Å². The normalized spacial score (nSPS) is 26.0. The second-order valence-corrected chi connectivity index (χ2v) is 6.69. The quantitative estimate of drug-likeness (QED) is 0.894. The fraction of sp³-hybridized carbons (Fsp3) is 0.611. The highest BCUT2D eigenvalue weighted by molar-refractivity contribution is 5.77. The number of nitrogens with zero attached hydrogens (tertiary/aromatic N) is 2. The van der Waals surface area contributed by atoms with Crippen molar-refractivity contribution in [2.75, 3.05) is 44.2 Å². The van der Waals surface area contributed by atoms with Crippen LogP contribution in [0.1, 0.15) is 26.2 Å². The van der Waals surface area contributed by atoms with Gasteiger partial charge in [0.25, 0.3) is 5.91 Å². The lowest BCUT2D eigenvalue weighted by Crippen LogP contribution is -3.17. The highest BCUT2D eigenvalue weighted by Gasteiger charge is 2.28. The molecule has 2 heterocycles. The number of carbonyl (C=O) groups excluding carboxylic acids is 1. The first-order chi connectivity index (χ1) is 10.7. The number of rotatable bonds is 3. The van der Waals surface area contributed by atoms with Gasteiger partial charge in [-0.15, -0.1) is 0 Å². The smallest absolute Gasteiger partial charge is 0.277 e. The zero-order valence-electron chi connectivity index (χ0n) is 13.6. The van der Waals surface area contributed by atoms with Gasteiger partial charge < -0.3 is 14.7 Å².